The van der Waals surface area contributed by atoms with Crippen molar-refractivity contribution in [3.05, 3.63) is 54.1 Å². The molecule has 0 aromatic heterocycles. The molecule has 5 nitrogen and oxygen atoms in total. The molecule has 5 heteroatoms. The van der Waals surface area contributed by atoms with Gasteiger partial charge in [0.25, 0.3) is 0 Å². The van der Waals surface area contributed by atoms with Crippen LogP contribution in [0.5, 0.6) is 5.75 Å². The Labute approximate surface area is 155 Å². The fraction of sp³-hybridized carbons (Fsp3) is 0.333. The Balaban J connectivity index is 2.09. The van der Waals surface area contributed by atoms with Crippen molar-refractivity contribution >= 4 is 23.2 Å². The maximum absolute atomic E-state index is 12.4. The standard InChI is InChI=1S/C21H26N2O3/c1-15(24)23(18-7-6-8-19(13-18)26-5)14-20(25)22-17-11-9-16(10-12-17)21(2,3)4/h6-13H,14H2,1-5H3,(H,22,25). The zero-order valence-corrected chi connectivity index (χ0v) is 16.0. The Kier molecular flexibility index (Phi) is 6.03. The number of methoxy groups -OCH3 is 1. The SMILES string of the molecule is COc1cccc(N(CC(=O)Nc2ccc(C(C)(C)C)cc2)C(C)=O)c1. The fourth-order valence-electron chi connectivity index (χ4n) is 2.56. The summed E-state index contributed by atoms with van der Waals surface area (Å²) in [7, 11) is 1.56. The topological polar surface area (TPSA) is 58.6 Å². The van der Waals surface area contributed by atoms with Gasteiger partial charge in [0.15, 0.2) is 0 Å². The molecule has 0 fully saturated rings. The normalized spacial score (nSPS) is 11.0. The molecule has 0 spiro atoms. The van der Waals surface area contributed by atoms with Gasteiger partial charge in [-0.2, -0.15) is 0 Å². The predicted molar refractivity (Wildman–Crippen MR) is 105 cm³/mol. The van der Waals surface area contributed by atoms with Gasteiger partial charge in [-0.1, -0.05) is 39.0 Å². The number of rotatable bonds is 5. The summed E-state index contributed by atoms with van der Waals surface area (Å²) in [5, 5.41) is 2.84. The number of hydrogen-bond acceptors (Lipinski definition) is 3. The van der Waals surface area contributed by atoms with E-state index in [9.17, 15) is 9.59 Å². The predicted octanol–water partition coefficient (Wildman–Crippen LogP) is 3.98. The number of carbonyl (C=O) groups excluding carboxylic acids is 2. The zero-order valence-electron chi connectivity index (χ0n) is 16.0. The van der Waals surface area contributed by atoms with Gasteiger partial charge in [-0.3, -0.25) is 9.59 Å². The Morgan fingerprint density at radius 3 is 2.27 bits per heavy atom. The van der Waals surface area contributed by atoms with E-state index in [0.29, 0.717) is 17.1 Å². The van der Waals surface area contributed by atoms with Crippen LogP contribution >= 0.6 is 0 Å². The maximum Gasteiger partial charge on any atom is 0.244 e. The number of hydrogen-bond donors (Lipinski definition) is 1. The summed E-state index contributed by atoms with van der Waals surface area (Å²) in [5.41, 5.74) is 2.57. The fourth-order valence-corrected chi connectivity index (χ4v) is 2.56. The van der Waals surface area contributed by atoms with Crippen molar-refractivity contribution in [1.82, 2.24) is 0 Å². The van der Waals surface area contributed by atoms with E-state index < -0.39 is 0 Å². The van der Waals surface area contributed by atoms with E-state index in [2.05, 4.69) is 26.1 Å². The summed E-state index contributed by atoms with van der Waals surface area (Å²) in [5.74, 6) is 0.162. The van der Waals surface area contributed by atoms with E-state index in [1.807, 2.05) is 24.3 Å². The summed E-state index contributed by atoms with van der Waals surface area (Å²) in [6, 6.07) is 14.8. The van der Waals surface area contributed by atoms with Crippen LogP contribution in [0, 0.1) is 0 Å². The van der Waals surface area contributed by atoms with E-state index in [1.165, 1.54) is 17.4 Å². The Hall–Kier alpha value is -2.82. The van der Waals surface area contributed by atoms with Crippen LogP contribution in [0.4, 0.5) is 11.4 Å². The van der Waals surface area contributed by atoms with E-state index in [0.717, 1.165) is 0 Å². The number of amides is 2. The van der Waals surface area contributed by atoms with Crippen molar-refractivity contribution in [3.63, 3.8) is 0 Å². The number of benzene rings is 2. The first-order chi connectivity index (χ1) is 12.2. The summed E-state index contributed by atoms with van der Waals surface area (Å²) < 4.78 is 5.19. The second-order valence-corrected chi connectivity index (χ2v) is 7.18. The molecule has 138 valence electrons. The summed E-state index contributed by atoms with van der Waals surface area (Å²) in [6.07, 6.45) is 0. The van der Waals surface area contributed by atoms with Gasteiger partial charge in [-0.15, -0.1) is 0 Å². The van der Waals surface area contributed by atoms with E-state index in [-0.39, 0.29) is 23.8 Å². The third-order valence-electron chi connectivity index (χ3n) is 4.08. The lowest BCUT2D eigenvalue weighted by atomic mass is 9.87. The second-order valence-electron chi connectivity index (χ2n) is 7.18. The van der Waals surface area contributed by atoms with Gasteiger partial charge in [-0.05, 0) is 35.2 Å². The average molecular weight is 354 g/mol. The van der Waals surface area contributed by atoms with Gasteiger partial charge in [0.05, 0.1) is 7.11 Å². The molecule has 0 saturated heterocycles. The van der Waals surface area contributed by atoms with Crippen LogP contribution in [0.3, 0.4) is 0 Å². The highest BCUT2D eigenvalue weighted by molar-refractivity contribution is 6.01. The average Bonchev–Trinajstić information content (AvgIpc) is 2.59. The quantitative estimate of drug-likeness (QED) is 0.883. The van der Waals surface area contributed by atoms with Gasteiger partial charge in [-0.25, -0.2) is 0 Å². The number of nitrogens with one attached hydrogen (secondary N) is 1. The molecule has 2 amide bonds. The third-order valence-corrected chi connectivity index (χ3v) is 4.08. The molecule has 0 aliphatic rings. The van der Waals surface area contributed by atoms with E-state index in [4.69, 9.17) is 4.74 Å². The van der Waals surface area contributed by atoms with Crippen LogP contribution in [0.1, 0.15) is 33.3 Å². The number of carbonyl (C=O) groups is 2. The van der Waals surface area contributed by atoms with Gasteiger partial charge >= 0.3 is 0 Å². The smallest absolute Gasteiger partial charge is 0.244 e. The Morgan fingerprint density at radius 1 is 1.08 bits per heavy atom. The number of anilines is 2. The van der Waals surface area contributed by atoms with Gasteiger partial charge in [0.2, 0.25) is 11.8 Å². The molecule has 0 radical (unpaired) electrons. The number of nitrogens with zero attached hydrogens (tertiary/aromatic N) is 1. The van der Waals surface area contributed by atoms with Crippen molar-refractivity contribution < 1.29 is 14.3 Å². The van der Waals surface area contributed by atoms with Crippen LogP contribution in [-0.2, 0) is 15.0 Å². The molecule has 0 aliphatic carbocycles. The first-order valence-electron chi connectivity index (χ1n) is 8.53. The van der Waals surface area contributed by atoms with Crippen molar-refractivity contribution in [3.8, 4) is 5.75 Å². The molecular weight excluding hydrogens is 328 g/mol. The van der Waals surface area contributed by atoms with E-state index in [1.54, 1.807) is 31.4 Å². The lowest BCUT2D eigenvalue weighted by molar-refractivity contribution is -0.120. The highest BCUT2D eigenvalue weighted by Crippen LogP contribution is 2.24. The third kappa shape index (κ3) is 5.09. The highest BCUT2D eigenvalue weighted by Gasteiger charge is 2.17. The van der Waals surface area contributed by atoms with Crippen molar-refractivity contribution in [2.75, 3.05) is 23.9 Å². The molecule has 0 unspecified atom stereocenters. The van der Waals surface area contributed by atoms with Crippen LogP contribution in [-0.4, -0.2) is 25.5 Å². The van der Waals surface area contributed by atoms with Crippen LogP contribution in [0.25, 0.3) is 0 Å². The Morgan fingerprint density at radius 2 is 1.73 bits per heavy atom. The first kappa shape index (κ1) is 19.5. The maximum atomic E-state index is 12.4. The molecule has 26 heavy (non-hydrogen) atoms. The minimum atomic E-state index is -0.258. The van der Waals surface area contributed by atoms with E-state index >= 15 is 0 Å². The lowest BCUT2D eigenvalue weighted by Crippen LogP contribution is -2.36. The van der Waals surface area contributed by atoms with Crippen molar-refractivity contribution in [2.24, 2.45) is 0 Å². The zero-order chi connectivity index (χ0) is 19.3. The van der Waals surface area contributed by atoms with Crippen LogP contribution in [0.2, 0.25) is 0 Å². The lowest BCUT2D eigenvalue weighted by Gasteiger charge is -2.22. The van der Waals surface area contributed by atoms with Crippen LogP contribution < -0.4 is 15.0 Å². The Bertz CT molecular complexity index is 777. The van der Waals surface area contributed by atoms with Crippen molar-refractivity contribution in [1.29, 1.82) is 0 Å². The molecule has 0 bridgehead atoms. The summed E-state index contributed by atoms with van der Waals surface area (Å²) in [6.45, 7) is 7.78. The highest BCUT2D eigenvalue weighted by atomic mass is 16.5. The molecule has 0 atom stereocenters. The molecule has 2 aromatic rings. The van der Waals surface area contributed by atoms with Gasteiger partial charge in [0, 0.05) is 24.4 Å². The monoisotopic (exact) mass is 354 g/mol. The van der Waals surface area contributed by atoms with Crippen LogP contribution in [0.15, 0.2) is 48.5 Å². The molecule has 0 heterocycles. The molecular formula is C21H26N2O3. The molecule has 0 aliphatic heterocycles. The minimum absolute atomic E-state index is 0.0559. The summed E-state index contributed by atoms with van der Waals surface area (Å²) in [4.78, 5) is 25.8. The minimum Gasteiger partial charge on any atom is -0.497 e. The van der Waals surface area contributed by atoms with Crippen molar-refractivity contribution in [2.45, 2.75) is 33.1 Å². The molecule has 2 rings (SSSR count). The largest absolute Gasteiger partial charge is 0.497 e. The van der Waals surface area contributed by atoms with Gasteiger partial charge < -0.3 is 15.0 Å². The molecule has 2 aromatic carbocycles. The van der Waals surface area contributed by atoms with Gasteiger partial charge in [0.1, 0.15) is 12.3 Å². The number of ether oxygens (including phenoxy) is 1. The molecule has 0 saturated carbocycles. The second kappa shape index (κ2) is 8.04. The first-order valence-corrected chi connectivity index (χ1v) is 8.53. The summed E-state index contributed by atoms with van der Waals surface area (Å²) >= 11 is 0. The molecule has 1 N–H and O–H groups in total.